The zero-order valence-electron chi connectivity index (χ0n) is 10.5. The summed E-state index contributed by atoms with van der Waals surface area (Å²) in [5, 5.41) is 0. The van der Waals surface area contributed by atoms with E-state index in [0.717, 1.165) is 12.1 Å². The van der Waals surface area contributed by atoms with Gasteiger partial charge in [0.1, 0.15) is 0 Å². The molecule has 0 N–H and O–H groups in total. The van der Waals surface area contributed by atoms with E-state index in [2.05, 4.69) is 0 Å². The van der Waals surface area contributed by atoms with Gasteiger partial charge in [-0.3, -0.25) is 4.79 Å². The number of carbonyl (C=O) groups excluding carboxylic acids is 1. The van der Waals surface area contributed by atoms with Gasteiger partial charge in [0.2, 0.25) is 0 Å². The molecule has 0 amide bonds. The number of alkyl halides is 3. The van der Waals surface area contributed by atoms with Crippen molar-refractivity contribution in [3.05, 3.63) is 35.4 Å². The highest BCUT2D eigenvalue weighted by molar-refractivity contribution is 5.96. The van der Waals surface area contributed by atoms with Crippen molar-refractivity contribution >= 4 is 5.78 Å². The Bertz CT molecular complexity index is 419. The molecule has 0 heterocycles. The summed E-state index contributed by atoms with van der Waals surface area (Å²) >= 11 is 0. The first-order valence-electron chi connectivity index (χ1n) is 5.41. The minimum absolute atomic E-state index is 0.120. The Morgan fingerprint density at radius 2 is 1.67 bits per heavy atom. The predicted molar refractivity (Wildman–Crippen MR) is 61.5 cm³/mol. The van der Waals surface area contributed by atoms with Gasteiger partial charge in [-0.2, -0.15) is 13.2 Å². The van der Waals surface area contributed by atoms with E-state index in [9.17, 15) is 18.0 Å². The molecule has 100 valence electrons. The maximum absolute atomic E-state index is 12.3. The van der Waals surface area contributed by atoms with Crippen molar-refractivity contribution in [2.45, 2.75) is 32.0 Å². The lowest BCUT2D eigenvalue weighted by Crippen LogP contribution is -2.26. The van der Waals surface area contributed by atoms with Crippen molar-refractivity contribution in [3.8, 4) is 0 Å². The van der Waals surface area contributed by atoms with Crippen LogP contribution in [0.3, 0.4) is 0 Å². The summed E-state index contributed by atoms with van der Waals surface area (Å²) < 4.78 is 42.1. The predicted octanol–water partition coefficient (Wildman–Crippen LogP) is 3.70. The van der Waals surface area contributed by atoms with Gasteiger partial charge in [-0.25, -0.2) is 0 Å². The number of ketones is 1. The minimum atomic E-state index is -4.38. The largest absolute Gasteiger partial charge is 0.416 e. The molecule has 0 radical (unpaired) electrons. The Morgan fingerprint density at radius 3 is 2.06 bits per heavy atom. The molecule has 0 fully saturated rings. The molecule has 0 aliphatic carbocycles. The standard InChI is InChI=1S/C13H15F3O2/c1-12(2,18-3)8-11(17)9-4-6-10(7-5-9)13(14,15)16/h4-7H,8H2,1-3H3. The van der Waals surface area contributed by atoms with E-state index in [-0.39, 0.29) is 17.8 Å². The van der Waals surface area contributed by atoms with E-state index in [4.69, 9.17) is 4.74 Å². The molecule has 0 bridgehead atoms. The number of ether oxygens (including phenoxy) is 1. The van der Waals surface area contributed by atoms with Crippen LogP contribution in [0, 0.1) is 0 Å². The maximum Gasteiger partial charge on any atom is 0.416 e. The third-order valence-corrected chi connectivity index (χ3v) is 2.67. The zero-order chi connectivity index (χ0) is 14.0. The molecule has 0 saturated carbocycles. The minimum Gasteiger partial charge on any atom is -0.378 e. The Balaban J connectivity index is 2.83. The fourth-order valence-corrected chi connectivity index (χ4v) is 1.41. The number of benzene rings is 1. The molecular weight excluding hydrogens is 245 g/mol. The third-order valence-electron chi connectivity index (χ3n) is 2.67. The molecule has 0 unspecified atom stereocenters. The first-order chi connectivity index (χ1) is 8.15. The Hall–Kier alpha value is -1.36. The third kappa shape index (κ3) is 3.84. The average Bonchev–Trinajstić information content (AvgIpc) is 2.27. The van der Waals surface area contributed by atoms with Crippen molar-refractivity contribution in [2.75, 3.05) is 7.11 Å². The lowest BCUT2D eigenvalue weighted by molar-refractivity contribution is -0.137. The fraction of sp³-hybridized carbons (Fsp3) is 0.462. The number of halogens is 3. The van der Waals surface area contributed by atoms with Crippen LogP contribution in [0.1, 0.15) is 36.2 Å². The highest BCUT2D eigenvalue weighted by Gasteiger charge is 2.30. The smallest absolute Gasteiger partial charge is 0.378 e. The Labute approximate surface area is 104 Å². The van der Waals surface area contributed by atoms with E-state index in [1.807, 2.05) is 0 Å². The van der Waals surface area contributed by atoms with Gasteiger partial charge in [0, 0.05) is 19.1 Å². The molecule has 0 aromatic heterocycles. The van der Waals surface area contributed by atoms with Crippen molar-refractivity contribution in [1.29, 1.82) is 0 Å². The van der Waals surface area contributed by atoms with Gasteiger partial charge in [-0.1, -0.05) is 12.1 Å². The van der Waals surface area contributed by atoms with Crippen LogP contribution in [-0.2, 0) is 10.9 Å². The van der Waals surface area contributed by atoms with Crippen LogP contribution in [0.25, 0.3) is 0 Å². The summed E-state index contributed by atoms with van der Waals surface area (Å²) in [6.07, 6.45) is -4.26. The number of hydrogen-bond donors (Lipinski definition) is 0. The van der Waals surface area contributed by atoms with Gasteiger partial charge in [-0.15, -0.1) is 0 Å². The number of carbonyl (C=O) groups is 1. The number of methoxy groups -OCH3 is 1. The van der Waals surface area contributed by atoms with Crippen molar-refractivity contribution in [3.63, 3.8) is 0 Å². The van der Waals surface area contributed by atoms with Crippen molar-refractivity contribution in [1.82, 2.24) is 0 Å². The second-order valence-electron chi connectivity index (χ2n) is 4.64. The number of hydrogen-bond acceptors (Lipinski definition) is 2. The van der Waals surface area contributed by atoms with E-state index < -0.39 is 17.3 Å². The summed E-state index contributed by atoms with van der Waals surface area (Å²) in [7, 11) is 1.49. The molecule has 1 aromatic rings. The normalized spacial score (nSPS) is 12.6. The Kier molecular flexibility index (Phi) is 4.16. The monoisotopic (exact) mass is 260 g/mol. The lowest BCUT2D eigenvalue weighted by Gasteiger charge is -2.21. The molecule has 0 atom stereocenters. The molecule has 2 nitrogen and oxygen atoms in total. The van der Waals surface area contributed by atoms with Gasteiger partial charge in [-0.05, 0) is 26.0 Å². The maximum atomic E-state index is 12.3. The number of rotatable bonds is 4. The zero-order valence-corrected chi connectivity index (χ0v) is 10.5. The van der Waals surface area contributed by atoms with Crippen LogP contribution in [0.15, 0.2) is 24.3 Å². The summed E-state index contributed by atoms with van der Waals surface area (Å²) in [6.45, 7) is 3.49. The summed E-state index contributed by atoms with van der Waals surface area (Å²) in [5.74, 6) is -0.240. The second-order valence-corrected chi connectivity index (χ2v) is 4.64. The molecule has 0 aliphatic rings. The van der Waals surface area contributed by atoms with Gasteiger partial charge in [0.05, 0.1) is 11.2 Å². The molecular formula is C13H15F3O2. The highest BCUT2D eigenvalue weighted by atomic mass is 19.4. The van der Waals surface area contributed by atoms with Crippen LogP contribution >= 0.6 is 0 Å². The molecule has 0 spiro atoms. The lowest BCUT2D eigenvalue weighted by atomic mass is 9.97. The van der Waals surface area contributed by atoms with Crippen LogP contribution < -0.4 is 0 Å². The van der Waals surface area contributed by atoms with Gasteiger partial charge in [0.15, 0.2) is 5.78 Å². The van der Waals surface area contributed by atoms with Crippen LogP contribution in [0.2, 0.25) is 0 Å². The molecule has 0 aliphatic heterocycles. The molecule has 1 rings (SSSR count). The fourth-order valence-electron chi connectivity index (χ4n) is 1.41. The summed E-state index contributed by atoms with van der Waals surface area (Å²) in [5.41, 5.74) is -1.13. The number of Topliss-reactive ketones (excluding diaryl/α,β-unsaturated/α-hetero) is 1. The van der Waals surface area contributed by atoms with Crippen LogP contribution in [-0.4, -0.2) is 18.5 Å². The van der Waals surface area contributed by atoms with Gasteiger partial charge in [0.25, 0.3) is 0 Å². The van der Waals surface area contributed by atoms with E-state index in [1.54, 1.807) is 13.8 Å². The quantitative estimate of drug-likeness (QED) is 0.771. The average molecular weight is 260 g/mol. The second kappa shape index (κ2) is 5.10. The molecule has 1 aromatic carbocycles. The van der Waals surface area contributed by atoms with E-state index in [0.29, 0.717) is 0 Å². The van der Waals surface area contributed by atoms with Crippen LogP contribution in [0.5, 0.6) is 0 Å². The molecule has 0 saturated heterocycles. The van der Waals surface area contributed by atoms with Crippen molar-refractivity contribution in [2.24, 2.45) is 0 Å². The van der Waals surface area contributed by atoms with Gasteiger partial charge >= 0.3 is 6.18 Å². The first kappa shape index (κ1) is 14.7. The first-order valence-corrected chi connectivity index (χ1v) is 5.41. The molecule has 18 heavy (non-hydrogen) atoms. The van der Waals surface area contributed by atoms with E-state index in [1.165, 1.54) is 19.2 Å². The Morgan fingerprint density at radius 1 is 1.17 bits per heavy atom. The summed E-state index contributed by atoms with van der Waals surface area (Å²) in [4.78, 5) is 11.8. The van der Waals surface area contributed by atoms with Crippen LogP contribution in [0.4, 0.5) is 13.2 Å². The highest BCUT2D eigenvalue weighted by Crippen LogP contribution is 2.29. The molecule has 5 heteroatoms. The van der Waals surface area contributed by atoms with Crippen molar-refractivity contribution < 1.29 is 22.7 Å². The topological polar surface area (TPSA) is 26.3 Å². The van der Waals surface area contributed by atoms with Gasteiger partial charge < -0.3 is 4.74 Å². The SMILES string of the molecule is COC(C)(C)CC(=O)c1ccc(C(F)(F)F)cc1. The summed E-state index contributed by atoms with van der Waals surface area (Å²) in [6, 6.07) is 4.20. The van der Waals surface area contributed by atoms with E-state index >= 15 is 0 Å².